The van der Waals surface area contributed by atoms with Crippen LogP contribution in [0.1, 0.15) is 25.0 Å². The smallest absolute Gasteiger partial charge is 0.191 e. The van der Waals surface area contributed by atoms with E-state index in [1.807, 2.05) is 11.8 Å². The van der Waals surface area contributed by atoms with Gasteiger partial charge < -0.3 is 15.4 Å². The van der Waals surface area contributed by atoms with Crippen LogP contribution in [0.5, 0.6) is 0 Å². The average molecular weight is 309 g/mol. The molecule has 0 saturated carbocycles. The molecule has 0 amide bonds. The Morgan fingerprint density at radius 1 is 1.29 bits per heavy atom. The van der Waals surface area contributed by atoms with Crippen LogP contribution in [0.2, 0.25) is 0 Å². The van der Waals surface area contributed by atoms with Gasteiger partial charge in [-0.05, 0) is 31.2 Å². The molecular formula is C16H27N3OS. The van der Waals surface area contributed by atoms with Crippen molar-refractivity contribution < 1.29 is 4.74 Å². The molecule has 1 rings (SSSR count). The summed E-state index contributed by atoms with van der Waals surface area (Å²) in [7, 11) is 3.51. The Morgan fingerprint density at radius 3 is 2.62 bits per heavy atom. The number of thioether (sulfide) groups is 1. The van der Waals surface area contributed by atoms with Gasteiger partial charge in [-0.25, -0.2) is 0 Å². The van der Waals surface area contributed by atoms with Gasteiger partial charge in [0, 0.05) is 32.0 Å². The first kappa shape index (κ1) is 17.9. The van der Waals surface area contributed by atoms with Crippen molar-refractivity contribution in [3.05, 3.63) is 35.4 Å². The summed E-state index contributed by atoms with van der Waals surface area (Å²) < 4.78 is 5.35. The lowest BCUT2D eigenvalue weighted by Gasteiger charge is -2.23. The van der Waals surface area contributed by atoms with Crippen LogP contribution in [-0.2, 0) is 17.9 Å². The van der Waals surface area contributed by atoms with E-state index in [9.17, 15) is 0 Å². The lowest BCUT2D eigenvalue weighted by Crippen LogP contribution is -2.42. The molecule has 0 fully saturated rings. The van der Waals surface area contributed by atoms with E-state index in [0.717, 1.165) is 19.0 Å². The van der Waals surface area contributed by atoms with E-state index in [1.165, 1.54) is 11.1 Å². The fraction of sp³-hybridized carbons (Fsp3) is 0.562. The van der Waals surface area contributed by atoms with E-state index in [2.05, 4.69) is 60.0 Å². The highest BCUT2D eigenvalue weighted by Crippen LogP contribution is 2.19. The van der Waals surface area contributed by atoms with Crippen molar-refractivity contribution in [3.8, 4) is 0 Å². The Morgan fingerprint density at radius 2 is 2.00 bits per heavy atom. The average Bonchev–Trinajstić information content (AvgIpc) is 2.48. The summed E-state index contributed by atoms with van der Waals surface area (Å²) in [6.45, 7) is 6.69. The predicted molar refractivity (Wildman–Crippen MR) is 93.0 cm³/mol. The van der Waals surface area contributed by atoms with Gasteiger partial charge in [0.15, 0.2) is 5.96 Å². The molecule has 1 aromatic carbocycles. The van der Waals surface area contributed by atoms with E-state index in [-0.39, 0.29) is 4.75 Å². The van der Waals surface area contributed by atoms with Crippen molar-refractivity contribution in [1.82, 2.24) is 10.6 Å². The molecule has 21 heavy (non-hydrogen) atoms. The maximum Gasteiger partial charge on any atom is 0.191 e. The van der Waals surface area contributed by atoms with Gasteiger partial charge in [0.25, 0.3) is 0 Å². The van der Waals surface area contributed by atoms with Crippen LogP contribution < -0.4 is 10.6 Å². The third-order valence-corrected chi connectivity index (χ3v) is 4.47. The van der Waals surface area contributed by atoms with Crippen LogP contribution in [0, 0.1) is 0 Å². The largest absolute Gasteiger partial charge is 0.380 e. The van der Waals surface area contributed by atoms with Crippen LogP contribution in [0.25, 0.3) is 0 Å². The molecule has 0 radical (unpaired) electrons. The molecular weight excluding hydrogens is 282 g/mol. The molecule has 0 spiro atoms. The highest BCUT2D eigenvalue weighted by molar-refractivity contribution is 7.99. The van der Waals surface area contributed by atoms with E-state index in [4.69, 9.17) is 4.74 Å². The summed E-state index contributed by atoms with van der Waals surface area (Å²) >= 11 is 1.84. The standard InChI is InChI=1S/C16H27N3OS/c1-16(2,21-5)12-19-15(17-3)18-10-13-7-6-8-14(9-13)11-20-4/h6-9H,10-12H2,1-5H3,(H2,17,18,19). The molecule has 2 N–H and O–H groups in total. The van der Waals surface area contributed by atoms with Crippen LogP contribution >= 0.6 is 11.8 Å². The fourth-order valence-electron chi connectivity index (χ4n) is 1.77. The topological polar surface area (TPSA) is 45.7 Å². The van der Waals surface area contributed by atoms with Crippen molar-refractivity contribution in [2.45, 2.75) is 31.7 Å². The van der Waals surface area contributed by atoms with E-state index < -0.39 is 0 Å². The number of hydrogen-bond acceptors (Lipinski definition) is 3. The minimum absolute atomic E-state index is 0.190. The van der Waals surface area contributed by atoms with Gasteiger partial charge in [-0.1, -0.05) is 24.3 Å². The minimum atomic E-state index is 0.190. The monoisotopic (exact) mass is 309 g/mol. The van der Waals surface area contributed by atoms with Gasteiger partial charge in [0.05, 0.1) is 6.61 Å². The van der Waals surface area contributed by atoms with Gasteiger partial charge >= 0.3 is 0 Å². The molecule has 0 atom stereocenters. The Labute approximate surface area is 132 Å². The lowest BCUT2D eigenvalue weighted by atomic mass is 10.1. The molecule has 0 heterocycles. The lowest BCUT2D eigenvalue weighted by molar-refractivity contribution is 0.185. The van der Waals surface area contributed by atoms with Gasteiger partial charge in [0.1, 0.15) is 0 Å². The first-order chi connectivity index (χ1) is 10.0. The third-order valence-electron chi connectivity index (χ3n) is 3.22. The van der Waals surface area contributed by atoms with E-state index in [0.29, 0.717) is 6.61 Å². The summed E-state index contributed by atoms with van der Waals surface area (Å²) in [5.41, 5.74) is 2.40. The number of benzene rings is 1. The molecule has 0 saturated heterocycles. The summed E-state index contributed by atoms with van der Waals surface area (Å²) in [6.07, 6.45) is 2.12. The molecule has 4 nitrogen and oxygen atoms in total. The highest BCUT2D eigenvalue weighted by atomic mass is 32.2. The fourth-order valence-corrected chi connectivity index (χ4v) is 1.99. The normalized spacial score (nSPS) is 12.3. The molecule has 0 aromatic heterocycles. The second-order valence-corrected chi connectivity index (χ2v) is 7.01. The Bertz CT molecular complexity index is 461. The number of guanidine groups is 1. The Hall–Kier alpha value is -1.20. The molecule has 118 valence electrons. The predicted octanol–water partition coefficient (Wildman–Crippen LogP) is 2.64. The molecule has 0 aliphatic rings. The molecule has 5 heteroatoms. The van der Waals surface area contributed by atoms with Crippen LogP contribution in [0.4, 0.5) is 0 Å². The molecule has 0 aliphatic heterocycles. The zero-order valence-corrected chi connectivity index (χ0v) is 14.5. The van der Waals surface area contributed by atoms with Gasteiger partial charge in [-0.15, -0.1) is 0 Å². The molecule has 0 bridgehead atoms. The number of nitrogens with zero attached hydrogens (tertiary/aromatic N) is 1. The summed E-state index contributed by atoms with van der Waals surface area (Å²) in [5, 5.41) is 6.70. The van der Waals surface area contributed by atoms with E-state index >= 15 is 0 Å². The van der Waals surface area contributed by atoms with Gasteiger partial charge in [-0.2, -0.15) is 11.8 Å². The number of hydrogen-bond donors (Lipinski definition) is 2. The molecule has 0 unspecified atom stereocenters. The van der Waals surface area contributed by atoms with Crippen molar-refractivity contribution in [2.24, 2.45) is 4.99 Å². The minimum Gasteiger partial charge on any atom is -0.380 e. The zero-order valence-electron chi connectivity index (χ0n) is 13.7. The van der Waals surface area contributed by atoms with Crippen LogP contribution in [0.3, 0.4) is 0 Å². The summed E-state index contributed by atoms with van der Waals surface area (Å²) in [4.78, 5) is 4.26. The van der Waals surface area contributed by atoms with Crippen LogP contribution in [-0.4, -0.2) is 37.7 Å². The number of aliphatic imine (C=N–C) groups is 1. The highest BCUT2D eigenvalue weighted by Gasteiger charge is 2.15. The van der Waals surface area contributed by atoms with Gasteiger partial charge in [0.2, 0.25) is 0 Å². The molecule has 0 aliphatic carbocycles. The van der Waals surface area contributed by atoms with Crippen molar-refractivity contribution in [3.63, 3.8) is 0 Å². The van der Waals surface area contributed by atoms with E-state index in [1.54, 1.807) is 14.2 Å². The van der Waals surface area contributed by atoms with Crippen molar-refractivity contribution in [2.75, 3.05) is 27.0 Å². The number of rotatable bonds is 7. The number of ether oxygens (including phenoxy) is 1. The zero-order chi connectivity index (χ0) is 15.7. The van der Waals surface area contributed by atoms with Gasteiger partial charge in [-0.3, -0.25) is 4.99 Å². The van der Waals surface area contributed by atoms with Crippen molar-refractivity contribution in [1.29, 1.82) is 0 Å². The second-order valence-electron chi connectivity index (χ2n) is 5.50. The first-order valence-electron chi connectivity index (χ1n) is 7.07. The number of nitrogens with one attached hydrogen (secondary N) is 2. The maximum absolute atomic E-state index is 5.16. The summed E-state index contributed by atoms with van der Waals surface area (Å²) in [5.74, 6) is 0.828. The van der Waals surface area contributed by atoms with Crippen LogP contribution in [0.15, 0.2) is 29.3 Å². The first-order valence-corrected chi connectivity index (χ1v) is 8.29. The Kier molecular flexibility index (Phi) is 7.61. The third kappa shape index (κ3) is 6.87. The maximum atomic E-state index is 5.16. The number of methoxy groups -OCH3 is 1. The second kappa shape index (κ2) is 8.95. The quantitative estimate of drug-likeness (QED) is 0.600. The van der Waals surface area contributed by atoms with Crippen molar-refractivity contribution >= 4 is 17.7 Å². The summed E-state index contributed by atoms with van der Waals surface area (Å²) in [6, 6.07) is 8.38. The SMILES string of the molecule is CN=C(NCc1cccc(COC)c1)NCC(C)(C)SC. The Balaban J connectivity index is 2.50. The molecule has 1 aromatic rings.